The summed E-state index contributed by atoms with van der Waals surface area (Å²) < 4.78 is 11.3. The van der Waals surface area contributed by atoms with E-state index in [1.807, 2.05) is 84.7 Å². The van der Waals surface area contributed by atoms with Crippen molar-refractivity contribution >= 4 is 40.7 Å². The molecule has 0 aliphatic carbocycles. The molecule has 1 aliphatic rings. The summed E-state index contributed by atoms with van der Waals surface area (Å²) in [6, 6.07) is 30.0. The van der Waals surface area contributed by atoms with Crippen LogP contribution in [0.1, 0.15) is 53.2 Å². The van der Waals surface area contributed by atoms with Crippen molar-refractivity contribution in [2.24, 2.45) is 5.92 Å². The van der Waals surface area contributed by atoms with Crippen molar-refractivity contribution in [1.29, 1.82) is 0 Å². The van der Waals surface area contributed by atoms with Crippen LogP contribution in [0.3, 0.4) is 0 Å². The number of ether oxygens (including phenoxy) is 2. The van der Waals surface area contributed by atoms with Gasteiger partial charge in [0.05, 0.1) is 24.9 Å². The van der Waals surface area contributed by atoms with Gasteiger partial charge in [-0.25, -0.2) is 0 Å². The van der Waals surface area contributed by atoms with Crippen LogP contribution in [0.25, 0.3) is 11.1 Å². The van der Waals surface area contributed by atoms with Crippen LogP contribution >= 0.6 is 34.8 Å². The van der Waals surface area contributed by atoms with E-state index >= 15 is 0 Å². The number of hydrogen-bond donors (Lipinski definition) is 4. The van der Waals surface area contributed by atoms with E-state index in [0.717, 1.165) is 33.4 Å². The number of phenols is 1. The predicted octanol–water partition coefficient (Wildman–Crippen LogP) is 6.99. The Bertz CT molecular complexity index is 1680. The summed E-state index contributed by atoms with van der Waals surface area (Å²) in [4.78, 5) is 14.1. The molecule has 0 radical (unpaired) electrons. The number of halogens is 3. The Balaban J connectivity index is 1.37. The first-order valence-corrected chi connectivity index (χ1v) is 16.7. The number of nitrogens with one attached hydrogen (secondary N) is 1. The molecule has 5 rings (SSSR count). The van der Waals surface area contributed by atoms with Gasteiger partial charge in [-0.1, -0.05) is 115 Å². The van der Waals surface area contributed by atoms with Gasteiger partial charge in [-0.2, -0.15) is 0 Å². The van der Waals surface area contributed by atoms with Crippen LogP contribution in [0.15, 0.2) is 97.1 Å². The lowest BCUT2D eigenvalue weighted by Crippen LogP contribution is -2.44. The molecular formula is C37H39Cl3N2O6. The van der Waals surface area contributed by atoms with Crippen molar-refractivity contribution in [1.82, 2.24) is 10.2 Å². The van der Waals surface area contributed by atoms with Crippen molar-refractivity contribution in [3.05, 3.63) is 125 Å². The Morgan fingerprint density at radius 3 is 2.27 bits per heavy atom. The Labute approximate surface area is 295 Å². The number of hydrogen-bond acceptors (Lipinski definition) is 7. The van der Waals surface area contributed by atoms with Gasteiger partial charge in [-0.3, -0.25) is 4.79 Å². The highest BCUT2D eigenvalue weighted by atomic mass is 35.6. The zero-order chi connectivity index (χ0) is 34.4. The van der Waals surface area contributed by atoms with E-state index in [4.69, 9.17) is 44.3 Å². The molecular weight excluding hydrogens is 675 g/mol. The first-order valence-electron chi connectivity index (χ1n) is 15.6. The predicted molar refractivity (Wildman–Crippen MR) is 188 cm³/mol. The number of carbonyl (C=O) groups excluding carboxylic acids is 1. The van der Waals surface area contributed by atoms with Crippen molar-refractivity contribution in [3.8, 4) is 16.9 Å². The monoisotopic (exact) mass is 712 g/mol. The standard InChI is InChI=1S/C37H39Cl3N2O6/c1-23-33(21-42(2)20-32(45)29-9-5-11-31(44)18-29)47-35(48-34(23)26-14-12-24(22-43)13-15-26)30-10-4-8-28(17-30)27-7-3-6-25(16-27)19-41-36(46)37(38,39)40/h3-18,23,32-35,43-45H,19-22H2,1-2H3,(H,41,46). The molecule has 1 fully saturated rings. The van der Waals surface area contributed by atoms with Crippen LogP contribution in [-0.4, -0.2) is 56.2 Å². The number of aromatic hydroxyl groups is 1. The van der Waals surface area contributed by atoms with Crippen molar-refractivity contribution in [2.45, 2.75) is 48.5 Å². The lowest BCUT2D eigenvalue weighted by atomic mass is 9.89. The van der Waals surface area contributed by atoms with Crippen molar-refractivity contribution < 1.29 is 29.6 Å². The normalized spacial score (nSPS) is 20.4. The molecule has 4 aromatic carbocycles. The Kier molecular flexibility index (Phi) is 12.1. The molecule has 4 aromatic rings. The summed E-state index contributed by atoms with van der Waals surface area (Å²) in [5.74, 6) is -0.644. The topological polar surface area (TPSA) is 111 Å². The number of nitrogens with zero attached hydrogens (tertiary/aromatic N) is 1. The van der Waals surface area contributed by atoms with Gasteiger partial charge in [0.15, 0.2) is 6.29 Å². The number of alkyl halides is 3. The fourth-order valence-corrected chi connectivity index (χ4v) is 6.05. The molecule has 0 saturated carbocycles. The number of phenolic OH excluding ortho intramolecular Hbond substituents is 1. The average molecular weight is 714 g/mol. The molecule has 0 spiro atoms. The van der Waals surface area contributed by atoms with Gasteiger partial charge in [0.2, 0.25) is 0 Å². The smallest absolute Gasteiger partial charge is 0.272 e. The van der Waals surface area contributed by atoms with E-state index in [-0.39, 0.29) is 37.0 Å². The van der Waals surface area contributed by atoms with Crippen LogP contribution in [0, 0.1) is 5.92 Å². The van der Waals surface area contributed by atoms with Crippen LogP contribution < -0.4 is 5.32 Å². The molecule has 5 atom stereocenters. The summed E-state index contributed by atoms with van der Waals surface area (Å²) in [6.07, 6.45) is -2.05. The maximum atomic E-state index is 12.0. The van der Waals surface area contributed by atoms with Gasteiger partial charge >= 0.3 is 0 Å². The number of benzene rings is 4. The van der Waals surface area contributed by atoms with Crippen LogP contribution in [0.4, 0.5) is 0 Å². The first-order chi connectivity index (χ1) is 22.9. The molecule has 8 nitrogen and oxygen atoms in total. The quantitative estimate of drug-likeness (QED) is 0.124. The fourth-order valence-electron chi connectivity index (χ4n) is 5.85. The third-order valence-electron chi connectivity index (χ3n) is 8.48. The minimum Gasteiger partial charge on any atom is -0.508 e. The van der Waals surface area contributed by atoms with E-state index in [9.17, 15) is 20.1 Å². The number of likely N-dealkylation sites (N-methyl/N-ethyl adjacent to an activating group) is 1. The van der Waals surface area contributed by atoms with Gasteiger partial charge in [0.1, 0.15) is 5.75 Å². The number of carbonyl (C=O) groups is 1. The summed E-state index contributed by atoms with van der Waals surface area (Å²) in [6.45, 7) is 3.10. The van der Waals surface area contributed by atoms with Crippen LogP contribution in [0.5, 0.6) is 5.75 Å². The molecule has 1 heterocycles. The molecule has 5 unspecified atom stereocenters. The Morgan fingerprint density at radius 1 is 0.896 bits per heavy atom. The largest absolute Gasteiger partial charge is 0.508 e. The van der Waals surface area contributed by atoms with E-state index in [1.165, 1.54) is 0 Å². The number of aliphatic hydroxyl groups excluding tert-OH is 2. The molecule has 1 amide bonds. The van der Waals surface area contributed by atoms with Crippen molar-refractivity contribution in [2.75, 3.05) is 20.1 Å². The third kappa shape index (κ3) is 9.28. The summed E-state index contributed by atoms with van der Waals surface area (Å²) in [5, 5.41) is 33.0. The molecule has 11 heteroatoms. The number of rotatable bonds is 11. The van der Waals surface area contributed by atoms with Gasteiger partial charge in [-0.05, 0) is 64.7 Å². The second-order valence-electron chi connectivity index (χ2n) is 12.2. The van der Waals surface area contributed by atoms with E-state index in [1.54, 1.807) is 24.3 Å². The molecule has 254 valence electrons. The average Bonchev–Trinajstić information content (AvgIpc) is 3.08. The summed E-state index contributed by atoms with van der Waals surface area (Å²) in [5.41, 5.74) is 5.95. The first kappa shape index (κ1) is 36.1. The molecule has 1 saturated heterocycles. The minimum absolute atomic E-state index is 0.0463. The maximum absolute atomic E-state index is 12.0. The molecule has 4 N–H and O–H groups in total. The summed E-state index contributed by atoms with van der Waals surface area (Å²) >= 11 is 17.1. The molecule has 0 aromatic heterocycles. The SMILES string of the molecule is CC1C(CN(C)CC(O)c2cccc(O)c2)OC(c2cccc(-c3cccc(CNC(=O)C(Cl)(Cl)Cl)c3)c2)OC1c1ccc(CO)cc1. The Hall–Kier alpha value is -3.18. The number of aliphatic hydroxyl groups is 2. The number of amides is 1. The highest BCUT2D eigenvalue weighted by Crippen LogP contribution is 2.42. The highest BCUT2D eigenvalue weighted by molar-refractivity contribution is 6.76. The van der Waals surface area contributed by atoms with Gasteiger partial charge < -0.3 is 35.0 Å². The van der Waals surface area contributed by atoms with Gasteiger partial charge in [0.25, 0.3) is 9.70 Å². The second-order valence-corrected chi connectivity index (χ2v) is 14.4. The zero-order valence-electron chi connectivity index (χ0n) is 26.6. The maximum Gasteiger partial charge on any atom is 0.272 e. The fraction of sp³-hybridized carbons (Fsp3) is 0.324. The molecule has 0 bridgehead atoms. The highest BCUT2D eigenvalue weighted by Gasteiger charge is 2.39. The molecule has 1 aliphatic heterocycles. The lowest BCUT2D eigenvalue weighted by molar-refractivity contribution is -0.276. The zero-order valence-corrected chi connectivity index (χ0v) is 28.9. The Morgan fingerprint density at radius 2 is 1.58 bits per heavy atom. The van der Waals surface area contributed by atoms with Crippen LogP contribution in [-0.2, 0) is 27.4 Å². The minimum atomic E-state index is -2.04. The second kappa shape index (κ2) is 16.0. The lowest BCUT2D eigenvalue weighted by Gasteiger charge is -2.42. The van der Waals surface area contributed by atoms with E-state index < -0.39 is 22.1 Å². The third-order valence-corrected chi connectivity index (χ3v) is 9.00. The van der Waals surface area contributed by atoms with E-state index in [2.05, 4.69) is 12.2 Å². The van der Waals surface area contributed by atoms with Gasteiger partial charge in [-0.15, -0.1) is 0 Å². The van der Waals surface area contributed by atoms with E-state index in [0.29, 0.717) is 18.7 Å². The summed E-state index contributed by atoms with van der Waals surface area (Å²) in [7, 11) is 1.93. The van der Waals surface area contributed by atoms with Gasteiger partial charge in [0, 0.05) is 31.1 Å². The molecule has 48 heavy (non-hydrogen) atoms. The van der Waals surface area contributed by atoms with Crippen LogP contribution in [0.2, 0.25) is 0 Å². The van der Waals surface area contributed by atoms with Crippen molar-refractivity contribution in [3.63, 3.8) is 0 Å².